The highest BCUT2D eigenvalue weighted by atomic mass is 16.6. The quantitative estimate of drug-likeness (QED) is 0.789. The molecule has 1 aliphatic rings. The van der Waals surface area contributed by atoms with Crippen LogP contribution in [0.4, 0.5) is 4.79 Å². The number of nitrogens with zero attached hydrogens (tertiary/aromatic N) is 2. The Hall–Kier alpha value is -1.56. The van der Waals surface area contributed by atoms with Crippen LogP contribution in [0.25, 0.3) is 0 Å². The summed E-state index contributed by atoms with van der Waals surface area (Å²) in [5.74, 6) is 0.943. The third-order valence-corrected chi connectivity index (χ3v) is 2.81. The first kappa shape index (κ1) is 12.9. The summed E-state index contributed by atoms with van der Waals surface area (Å²) in [6.45, 7) is 7.62. The highest BCUT2D eigenvalue weighted by Gasteiger charge is 2.29. The molecular weight excluding hydrogens is 232 g/mol. The highest BCUT2D eigenvalue weighted by molar-refractivity contribution is 5.67. The Morgan fingerprint density at radius 2 is 2.28 bits per heavy atom. The Balaban J connectivity index is 1.88. The predicted molar refractivity (Wildman–Crippen MR) is 66.8 cm³/mol. The molecule has 1 aromatic heterocycles. The van der Waals surface area contributed by atoms with E-state index in [1.165, 1.54) is 0 Å². The Bertz CT molecular complexity index is 436. The van der Waals surface area contributed by atoms with Crippen molar-refractivity contribution in [1.82, 2.24) is 20.4 Å². The van der Waals surface area contributed by atoms with Crippen LogP contribution in [-0.4, -0.2) is 21.2 Å². The zero-order valence-corrected chi connectivity index (χ0v) is 11.2. The summed E-state index contributed by atoms with van der Waals surface area (Å²) in [7, 11) is 0. The van der Waals surface area contributed by atoms with Gasteiger partial charge in [0.25, 0.3) is 0 Å². The number of ether oxygens (including phenoxy) is 1. The Labute approximate surface area is 107 Å². The van der Waals surface area contributed by atoms with Crippen LogP contribution in [0, 0.1) is 0 Å². The Morgan fingerprint density at radius 3 is 2.94 bits per heavy atom. The standard InChI is InChI=1S/C12H20N4O2/c1-8-7-9(10-13-5-6-16(8)10)14-15-11(17)18-12(2,3)4/h5-6,8-9,14H,7H2,1-4H3,(H,15,17). The number of amides is 1. The van der Waals surface area contributed by atoms with Crippen LogP contribution in [0.2, 0.25) is 0 Å². The van der Waals surface area contributed by atoms with Crippen molar-refractivity contribution in [2.24, 2.45) is 0 Å². The summed E-state index contributed by atoms with van der Waals surface area (Å²) >= 11 is 0. The van der Waals surface area contributed by atoms with Gasteiger partial charge in [0.05, 0.1) is 6.04 Å². The summed E-state index contributed by atoms with van der Waals surface area (Å²) in [6.07, 6.45) is 4.15. The molecule has 2 heterocycles. The smallest absolute Gasteiger partial charge is 0.422 e. The molecule has 6 nitrogen and oxygen atoms in total. The second-order valence-corrected chi connectivity index (χ2v) is 5.60. The second kappa shape index (κ2) is 4.61. The summed E-state index contributed by atoms with van der Waals surface area (Å²) in [6, 6.07) is 0.419. The van der Waals surface area contributed by atoms with Crippen molar-refractivity contribution in [1.29, 1.82) is 0 Å². The zero-order valence-electron chi connectivity index (χ0n) is 11.2. The van der Waals surface area contributed by atoms with Crippen LogP contribution in [0.15, 0.2) is 12.4 Å². The predicted octanol–water partition coefficient (Wildman–Crippen LogP) is 1.92. The van der Waals surface area contributed by atoms with Crippen molar-refractivity contribution in [3.63, 3.8) is 0 Å². The molecule has 100 valence electrons. The molecule has 0 aromatic carbocycles. The maximum Gasteiger partial charge on any atom is 0.422 e. The first-order chi connectivity index (χ1) is 8.37. The lowest BCUT2D eigenvalue weighted by atomic mass is 10.2. The van der Waals surface area contributed by atoms with Gasteiger partial charge in [0.1, 0.15) is 11.4 Å². The SMILES string of the molecule is CC1CC(NNC(=O)OC(C)(C)C)c2nccn21. The monoisotopic (exact) mass is 252 g/mol. The molecule has 0 saturated heterocycles. The van der Waals surface area contributed by atoms with Gasteiger partial charge >= 0.3 is 6.09 Å². The van der Waals surface area contributed by atoms with Gasteiger partial charge in [-0.1, -0.05) is 0 Å². The molecule has 0 aliphatic carbocycles. The zero-order chi connectivity index (χ0) is 13.3. The van der Waals surface area contributed by atoms with Gasteiger partial charge in [0.2, 0.25) is 0 Å². The van der Waals surface area contributed by atoms with E-state index in [-0.39, 0.29) is 6.04 Å². The van der Waals surface area contributed by atoms with Crippen LogP contribution in [0.3, 0.4) is 0 Å². The van der Waals surface area contributed by atoms with E-state index in [1.54, 1.807) is 6.20 Å². The largest absolute Gasteiger partial charge is 0.443 e. The summed E-state index contributed by atoms with van der Waals surface area (Å²) in [4.78, 5) is 15.8. The molecule has 1 aromatic rings. The van der Waals surface area contributed by atoms with Gasteiger partial charge in [0, 0.05) is 18.4 Å². The maximum atomic E-state index is 11.5. The Morgan fingerprint density at radius 1 is 1.56 bits per heavy atom. The second-order valence-electron chi connectivity index (χ2n) is 5.60. The van der Waals surface area contributed by atoms with E-state index in [4.69, 9.17) is 4.74 Å². The van der Waals surface area contributed by atoms with Crippen LogP contribution in [-0.2, 0) is 4.74 Å². The van der Waals surface area contributed by atoms with Crippen LogP contribution < -0.4 is 10.9 Å². The van der Waals surface area contributed by atoms with Gasteiger partial charge in [-0.15, -0.1) is 0 Å². The normalized spacial score (nSPS) is 22.7. The van der Waals surface area contributed by atoms with E-state index in [0.29, 0.717) is 6.04 Å². The van der Waals surface area contributed by atoms with E-state index in [1.807, 2.05) is 27.0 Å². The summed E-state index contributed by atoms with van der Waals surface area (Å²) < 4.78 is 7.26. The van der Waals surface area contributed by atoms with Crippen molar-refractivity contribution in [2.75, 3.05) is 0 Å². The van der Waals surface area contributed by atoms with E-state index in [9.17, 15) is 4.79 Å². The number of carbonyl (C=O) groups is 1. The number of hydrazine groups is 1. The minimum Gasteiger partial charge on any atom is -0.443 e. The van der Waals surface area contributed by atoms with Crippen molar-refractivity contribution in [2.45, 2.75) is 51.8 Å². The number of imidazole rings is 1. The van der Waals surface area contributed by atoms with Crippen molar-refractivity contribution < 1.29 is 9.53 Å². The van der Waals surface area contributed by atoms with E-state index < -0.39 is 11.7 Å². The van der Waals surface area contributed by atoms with Gasteiger partial charge in [-0.25, -0.2) is 15.2 Å². The minimum atomic E-state index is -0.493. The summed E-state index contributed by atoms with van der Waals surface area (Å²) in [5.41, 5.74) is 5.04. The third-order valence-electron chi connectivity index (χ3n) is 2.81. The third kappa shape index (κ3) is 2.81. The minimum absolute atomic E-state index is 0.0301. The molecule has 0 radical (unpaired) electrons. The van der Waals surface area contributed by atoms with Gasteiger partial charge in [-0.05, 0) is 34.1 Å². The highest BCUT2D eigenvalue weighted by Crippen LogP contribution is 2.31. The molecule has 0 saturated carbocycles. The molecule has 1 amide bonds. The number of carbonyl (C=O) groups excluding carboxylic acids is 1. The molecule has 18 heavy (non-hydrogen) atoms. The average Bonchev–Trinajstić information content (AvgIpc) is 2.78. The fourth-order valence-corrected chi connectivity index (χ4v) is 2.10. The van der Waals surface area contributed by atoms with Crippen molar-refractivity contribution in [3.05, 3.63) is 18.2 Å². The van der Waals surface area contributed by atoms with Crippen LogP contribution in [0.5, 0.6) is 0 Å². The van der Waals surface area contributed by atoms with Crippen LogP contribution in [0.1, 0.15) is 52.0 Å². The lowest BCUT2D eigenvalue weighted by Gasteiger charge is -2.21. The number of rotatable bonds is 2. The number of nitrogens with one attached hydrogen (secondary N) is 2. The average molecular weight is 252 g/mol. The fraction of sp³-hybridized carbons (Fsp3) is 0.667. The maximum absolute atomic E-state index is 11.5. The molecule has 6 heteroatoms. The van der Waals surface area contributed by atoms with Gasteiger partial charge in [-0.3, -0.25) is 5.43 Å². The molecule has 0 bridgehead atoms. The van der Waals surface area contributed by atoms with E-state index >= 15 is 0 Å². The molecule has 1 aliphatic heterocycles. The summed E-state index contributed by atoms with van der Waals surface area (Å²) in [5, 5.41) is 0. The molecule has 2 atom stereocenters. The van der Waals surface area contributed by atoms with E-state index in [0.717, 1.165) is 12.2 Å². The molecule has 2 N–H and O–H groups in total. The fourth-order valence-electron chi connectivity index (χ4n) is 2.10. The molecular formula is C12H20N4O2. The molecule has 2 rings (SSSR count). The number of hydrogen-bond donors (Lipinski definition) is 2. The van der Waals surface area contributed by atoms with E-state index in [2.05, 4.69) is 27.3 Å². The van der Waals surface area contributed by atoms with Gasteiger partial charge < -0.3 is 9.30 Å². The molecule has 0 fully saturated rings. The number of hydrogen-bond acceptors (Lipinski definition) is 4. The Kier molecular flexibility index (Phi) is 3.30. The molecule has 2 unspecified atom stereocenters. The lowest BCUT2D eigenvalue weighted by molar-refractivity contribution is 0.0487. The van der Waals surface area contributed by atoms with Gasteiger partial charge in [0.15, 0.2) is 0 Å². The van der Waals surface area contributed by atoms with Crippen molar-refractivity contribution in [3.8, 4) is 0 Å². The van der Waals surface area contributed by atoms with Crippen molar-refractivity contribution >= 4 is 6.09 Å². The lowest BCUT2D eigenvalue weighted by Crippen LogP contribution is -2.42. The number of fused-ring (bicyclic) bond motifs is 1. The first-order valence-corrected chi connectivity index (χ1v) is 6.14. The number of aromatic nitrogens is 2. The van der Waals surface area contributed by atoms with Gasteiger partial charge in [-0.2, -0.15) is 0 Å². The van der Waals surface area contributed by atoms with Crippen LogP contribution >= 0.6 is 0 Å². The first-order valence-electron chi connectivity index (χ1n) is 6.14. The topological polar surface area (TPSA) is 68.2 Å². The molecule has 0 spiro atoms.